The fraction of sp³-hybridized carbons (Fsp3) is 0.800. The summed E-state index contributed by atoms with van der Waals surface area (Å²) >= 11 is 4.03. The average molecular weight is 309 g/mol. The van der Waals surface area contributed by atoms with Gasteiger partial charge in [0.25, 0.3) is 0 Å². The van der Waals surface area contributed by atoms with Crippen molar-refractivity contribution in [2.75, 3.05) is 0 Å². The standard InChI is InChI=1S/C15H21BrN2/c16-13(6-14-17-1-2-18-14)15-7-10-3-11(8-15)5-12(4-10)9-15/h1-2,10-13H,3-9H2,(H,17,18). The minimum Gasteiger partial charge on any atom is -0.349 e. The van der Waals surface area contributed by atoms with Gasteiger partial charge in [-0.2, -0.15) is 0 Å². The molecule has 1 unspecified atom stereocenters. The zero-order valence-corrected chi connectivity index (χ0v) is 12.3. The maximum absolute atomic E-state index is 4.40. The van der Waals surface area contributed by atoms with Crippen molar-refractivity contribution in [2.45, 2.75) is 49.8 Å². The highest BCUT2D eigenvalue weighted by Gasteiger charge is 2.53. The van der Waals surface area contributed by atoms with Crippen LogP contribution >= 0.6 is 15.9 Å². The van der Waals surface area contributed by atoms with Crippen molar-refractivity contribution >= 4 is 15.9 Å². The van der Waals surface area contributed by atoms with Crippen molar-refractivity contribution in [1.82, 2.24) is 9.97 Å². The summed E-state index contributed by atoms with van der Waals surface area (Å²) in [5.41, 5.74) is 0.585. The lowest BCUT2D eigenvalue weighted by Crippen LogP contribution is -2.50. The van der Waals surface area contributed by atoms with Gasteiger partial charge >= 0.3 is 0 Å². The second-order valence-corrected chi connectivity index (χ2v) is 8.09. The fourth-order valence-electron chi connectivity index (χ4n) is 5.36. The van der Waals surface area contributed by atoms with E-state index in [1.807, 2.05) is 12.4 Å². The van der Waals surface area contributed by atoms with Gasteiger partial charge in [0.05, 0.1) is 0 Å². The van der Waals surface area contributed by atoms with Gasteiger partial charge in [-0.05, 0) is 61.7 Å². The number of nitrogens with zero attached hydrogens (tertiary/aromatic N) is 1. The van der Waals surface area contributed by atoms with Crippen molar-refractivity contribution in [3.63, 3.8) is 0 Å². The predicted octanol–water partition coefficient (Wildman–Crippen LogP) is 3.93. The maximum Gasteiger partial charge on any atom is 0.107 e. The molecule has 18 heavy (non-hydrogen) atoms. The molecule has 0 amide bonds. The van der Waals surface area contributed by atoms with Crippen LogP contribution in [0.3, 0.4) is 0 Å². The van der Waals surface area contributed by atoms with Crippen LogP contribution in [0.2, 0.25) is 0 Å². The van der Waals surface area contributed by atoms with Crippen LogP contribution in [0.25, 0.3) is 0 Å². The third kappa shape index (κ3) is 1.77. The summed E-state index contributed by atoms with van der Waals surface area (Å²) in [6.07, 6.45) is 13.9. The Kier molecular flexibility index (Phi) is 2.62. The van der Waals surface area contributed by atoms with Crippen molar-refractivity contribution in [1.29, 1.82) is 0 Å². The van der Waals surface area contributed by atoms with Crippen molar-refractivity contribution in [3.05, 3.63) is 18.2 Å². The fourth-order valence-corrected chi connectivity index (χ4v) is 6.22. The largest absolute Gasteiger partial charge is 0.349 e. The number of nitrogens with one attached hydrogen (secondary N) is 1. The molecule has 1 aromatic rings. The normalized spacial score (nSPS) is 43.3. The quantitative estimate of drug-likeness (QED) is 0.842. The molecule has 1 N–H and O–H groups in total. The Hall–Kier alpha value is -0.310. The first-order valence-electron chi connectivity index (χ1n) is 7.36. The molecule has 4 aliphatic rings. The molecule has 4 fully saturated rings. The predicted molar refractivity (Wildman–Crippen MR) is 75.6 cm³/mol. The summed E-state index contributed by atoms with van der Waals surface area (Å²) in [5, 5.41) is 0. The second-order valence-electron chi connectivity index (χ2n) is 6.99. The van der Waals surface area contributed by atoms with E-state index in [0.29, 0.717) is 10.2 Å². The number of imidazole rings is 1. The van der Waals surface area contributed by atoms with E-state index < -0.39 is 0 Å². The van der Waals surface area contributed by atoms with Gasteiger partial charge in [-0.3, -0.25) is 0 Å². The van der Waals surface area contributed by atoms with Crippen molar-refractivity contribution < 1.29 is 0 Å². The van der Waals surface area contributed by atoms with Gasteiger partial charge in [0, 0.05) is 23.6 Å². The molecule has 0 saturated heterocycles. The van der Waals surface area contributed by atoms with Crippen LogP contribution in [0.15, 0.2) is 12.4 Å². The summed E-state index contributed by atoms with van der Waals surface area (Å²) in [4.78, 5) is 8.27. The number of aromatic nitrogens is 2. The van der Waals surface area contributed by atoms with E-state index in [1.165, 1.54) is 38.5 Å². The minimum absolute atomic E-state index is 0.585. The van der Waals surface area contributed by atoms with E-state index in [-0.39, 0.29) is 0 Å². The molecule has 1 aromatic heterocycles. The molecule has 4 saturated carbocycles. The Bertz CT molecular complexity index is 390. The average Bonchev–Trinajstić information content (AvgIpc) is 2.79. The van der Waals surface area contributed by atoms with Crippen LogP contribution in [-0.4, -0.2) is 14.8 Å². The van der Waals surface area contributed by atoms with E-state index in [2.05, 4.69) is 25.9 Å². The number of hydrogen-bond donors (Lipinski definition) is 1. The molecule has 1 heterocycles. The Balaban J connectivity index is 1.56. The number of rotatable bonds is 3. The maximum atomic E-state index is 4.40. The SMILES string of the molecule is BrC(Cc1ncc[nH]1)C12CC3CC(CC(C3)C1)C2. The van der Waals surface area contributed by atoms with Gasteiger partial charge in [0.2, 0.25) is 0 Å². The van der Waals surface area contributed by atoms with E-state index in [0.717, 1.165) is 30.0 Å². The summed E-state index contributed by atoms with van der Waals surface area (Å²) < 4.78 is 0. The Morgan fingerprint density at radius 2 is 1.83 bits per heavy atom. The summed E-state index contributed by atoms with van der Waals surface area (Å²) in [6.45, 7) is 0. The first-order chi connectivity index (χ1) is 8.73. The molecule has 0 radical (unpaired) electrons. The van der Waals surface area contributed by atoms with Crippen molar-refractivity contribution in [3.8, 4) is 0 Å². The molecule has 4 aliphatic carbocycles. The van der Waals surface area contributed by atoms with E-state index in [1.54, 1.807) is 0 Å². The van der Waals surface area contributed by atoms with Crippen LogP contribution < -0.4 is 0 Å². The monoisotopic (exact) mass is 308 g/mol. The molecule has 98 valence electrons. The van der Waals surface area contributed by atoms with Crippen LogP contribution in [0.1, 0.15) is 44.3 Å². The van der Waals surface area contributed by atoms with E-state index in [9.17, 15) is 0 Å². The lowest BCUT2D eigenvalue weighted by molar-refractivity contribution is -0.0524. The van der Waals surface area contributed by atoms with Crippen LogP contribution in [0.5, 0.6) is 0 Å². The molecule has 0 aromatic carbocycles. The first kappa shape index (κ1) is 11.5. The number of halogens is 1. The molecular weight excluding hydrogens is 288 g/mol. The van der Waals surface area contributed by atoms with Gasteiger partial charge in [0.15, 0.2) is 0 Å². The van der Waals surface area contributed by atoms with Gasteiger partial charge in [0.1, 0.15) is 5.82 Å². The van der Waals surface area contributed by atoms with Gasteiger partial charge in [-0.1, -0.05) is 15.9 Å². The summed E-state index contributed by atoms with van der Waals surface area (Å²) in [6, 6.07) is 0. The zero-order valence-electron chi connectivity index (χ0n) is 10.7. The highest BCUT2D eigenvalue weighted by atomic mass is 79.9. The van der Waals surface area contributed by atoms with E-state index in [4.69, 9.17) is 0 Å². The molecule has 3 heteroatoms. The number of hydrogen-bond acceptors (Lipinski definition) is 1. The van der Waals surface area contributed by atoms with Crippen molar-refractivity contribution in [2.24, 2.45) is 23.2 Å². The topological polar surface area (TPSA) is 28.7 Å². The summed E-state index contributed by atoms with van der Waals surface area (Å²) in [5.74, 6) is 4.25. The van der Waals surface area contributed by atoms with Gasteiger partial charge < -0.3 is 4.98 Å². The van der Waals surface area contributed by atoms with Gasteiger partial charge in [-0.25, -0.2) is 4.98 Å². The molecule has 0 spiro atoms. The molecular formula is C15H21BrN2. The lowest BCUT2D eigenvalue weighted by Gasteiger charge is -2.58. The Morgan fingerprint density at radius 3 is 2.33 bits per heavy atom. The van der Waals surface area contributed by atoms with Crippen LogP contribution in [0.4, 0.5) is 0 Å². The number of aromatic amines is 1. The molecule has 2 nitrogen and oxygen atoms in total. The van der Waals surface area contributed by atoms with E-state index >= 15 is 0 Å². The molecule has 1 atom stereocenters. The third-order valence-electron chi connectivity index (χ3n) is 5.68. The zero-order chi connectivity index (χ0) is 12.2. The Labute approximate surface area is 117 Å². The number of alkyl halides is 1. The highest BCUT2D eigenvalue weighted by Crippen LogP contribution is 2.62. The third-order valence-corrected chi connectivity index (χ3v) is 6.97. The van der Waals surface area contributed by atoms with Gasteiger partial charge in [-0.15, -0.1) is 0 Å². The molecule has 4 bridgehead atoms. The Morgan fingerprint density at radius 1 is 1.22 bits per heavy atom. The smallest absolute Gasteiger partial charge is 0.107 e. The minimum atomic E-state index is 0.585. The molecule has 0 aliphatic heterocycles. The second kappa shape index (κ2) is 4.09. The first-order valence-corrected chi connectivity index (χ1v) is 8.27. The summed E-state index contributed by atoms with van der Waals surface area (Å²) in [7, 11) is 0. The molecule has 5 rings (SSSR count). The number of H-pyrrole nitrogens is 1. The van der Waals surface area contributed by atoms with Crippen LogP contribution in [0, 0.1) is 23.2 Å². The lowest BCUT2D eigenvalue weighted by atomic mass is 9.48. The van der Waals surface area contributed by atoms with Crippen LogP contribution in [-0.2, 0) is 6.42 Å². The highest BCUT2D eigenvalue weighted by molar-refractivity contribution is 9.09.